The zero-order chi connectivity index (χ0) is 16.5. The summed E-state index contributed by atoms with van der Waals surface area (Å²) in [6, 6.07) is 10.5. The number of ether oxygens (including phenoxy) is 2. The van der Waals surface area contributed by atoms with Crippen LogP contribution in [-0.4, -0.2) is 17.8 Å². The molecule has 2 N–H and O–H groups in total. The lowest BCUT2D eigenvalue weighted by atomic mass is 9.99. The van der Waals surface area contributed by atoms with Crippen LogP contribution in [0.1, 0.15) is 49.3 Å². The highest BCUT2D eigenvalue weighted by Crippen LogP contribution is 2.37. The van der Waals surface area contributed by atoms with Gasteiger partial charge < -0.3 is 19.8 Å². The molecule has 5 nitrogen and oxygen atoms in total. The van der Waals surface area contributed by atoms with Gasteiger partial charge in [-0.15, -0.1) is 0 Å². The minimum atomic E-state index is -0.0390. The molecule has 2 heterocycles. The predicted octanol–water partition coefficient (Wildman–Crippen LogP) is 3.09. The van der Waals surface area contributed by atoms with Crippen LogP contribution in [0, 0.1) is 0 Å². The molecule has 4 rings (SSSR count). The number of nitrogens with one attached hydrogen (secondary N) is 2. The van der Waals surface area contributed by atoms with Crippen molar-refractivity contribution in [1.29, 1.82) is 0 Å². The van der Waals surface area contributed by atoms with E-state index in [0.29, 0.717) is 18.8 Å². The maximum atomic E-state index is 11.2. The first kappa shape index (κ1) is 15.3. The first-order valence-corrected chi connectivity index (χ1v) is 8.53. The van der Waals surface area contributed by atoms with Crippen molar-refractivity contribution < 1.29 is 9.47 Å². The SMILES string of the molecule is CC(NC1CCC(c2ccc(=O)[nH]c2)C1)c1ccc2c(c1)OCO2. The number of benzene rings is 1. The van der Waals surface area contributed by atoms with E-state index in [2.05, 4.69) is 29.4 Å². The van der Waals surface area contributed by atoms with E-state index in [1.54, 1.807) is 6.07 Å². The Morgan fingerprint density at radius 3 is 2.88 bits per heavy atom. The molecule has 0 saturated heterocycles. The molecule has 1 aliphatic carbocycles. The molecular formula is C19H22N2O3. The van der Waals surface area contributed by atoms with Gasteiger partial charge in [-0.1, -0.05) is 12.1 Å². The lowest BCUT2D eigenvalue weighted by Crippen LogP contribution is -2.29. The fraction of sp³-hybridized carbons (Fsp3) is 0.421. The Morgan fingerprint density at radius 1 is 1.17 bits per heavy atom. The van der Waals surface area contributed by atoms with E-state index < -0.39 is 0 Å². The van der Waals surface area contributed by atoms with Crippen LogP contribution in [0.3, 0.4) is 0 Å². The van der Waals surface area contributed by atoms with Crippen molar-refractivity contribution in [1.82, 2.24) is 10.3 Å². The maximum absolute atomic E-state index is 11.2. The van der Waals surface area contributed by atoms with Gasteiger partial charge >= 0.3 is 0 Å². The van der Waals surface area contributed by atoms with Crippen LogP contribution < -0.4 is 20.3 Å². The van der Waals surface area contributed by atoms with Crippen LogP contribution >= 0.6 is 0 Å². The van der Waals surface area contributed by atoms with E-state index in [0.717, 1.165) is 30.8 Å². The van der Waals surface area contributed by atoms with Gasteiger partial charge in [0.1, 0.15) is 0 Å². The minimum Gasteiger partial charge on any atom is -0.454 e. The van der Waals surface area contributed by atoms with E-state index in [1.165, 1.54) is 11.1 Å². The molecule has 1 fully saturated rings. The second-order valence-electron chi connectivity index (χ2n) is 6.69. The molecule has 0 amide bonds. The molecule has 1 aromatic heterocycles. The summed E-state index contributed by atoms with van der Waals surface area (Å²) >= 11 is 0. The second-order valence-corrected chi connectivity index (χ2v) is 6.69. The van der Waals surface area contributed by atoms with E-state index in [4.69, 9.17) is 9.47 Å². The van der Waals surface area contributed by atoms with Crippen molar-refractivity contribution in [3.8, 4) is 11.5 Å². The van der Waals surface area contributed by atoms with Gasteiger partial charge in [0.25, 0.3) is 0 Å². The lowest BCUT2D eigenvalue weighted by molar-refractivity contribution is 0.174. The van der Waals surface area contributed by atoms with E-state index in [-0.39, 0.29) is 11.6 Å². The molecule has 24 heavy (non-hydrogen) atoms. The van der Waals surface area contributed by atoms with Crippen molar-refractivity contribution in [3.05, 3.63) is 58.0 Å². The summed E-state index contributed by atoms with van der Waals surface area (Å²) in [5.41, 5.74) is 2.41. The largest absolute Gasteiger partial charge is 0.454 e. The molecule has 0 bridgehead atoms. The second kappa shape index (κ2) is 6.32. The van der Waals surface area contributed by atoms with E-state index in [9.17, 15) is 4.79 Å². The Bertz CT molecular complexity index is 766. The highest BCUT2D eigenvalue weighted by Gasteiger charge is 2.27. The van der Waals surface area contributed by atoms with Gasteiger partial charge in [-0.2, -0.15) is 0 Å². The fourth-order valence-electron chi connectivity index (χ4n) is 3.74. The molecule has 3 atom stereocenters. The van der Waals surface area contributed by atoms with E-state index >= 15 is 0 Å². The molecule has 2 aliphatic rings. The summed E-state index contributed by atoms with van der Waals surface area (Å²) in [6.07, 6.45) is 5.26. The molecule has 1 aromatic carbocycles. The van der Waals surface area contributed by atoms with Gasteiger partial charge in [-0.3, -0.25) is 4.79 Å². The number of rotatable bonds is 4. The quantitative estimate of drug-likeness (QED) is 0.906. The summed E-state index contributed by atoms with van der Waals surface area (Å²) < 4.78 is 10.8. The van der Waals surface area contributed by atoms with Gasteiger partial charge in [-0.25, -0.2) is 0 Å². The number of pyridine rings is 1. The predicted molar refractivity (Wildman–Crippen MR) is 91.6 cm³/mol. The topological polar surface area (TPSA) is 63.4 Å². The number of hydrogen-bond donors (Lipinski definition) is 2. The van der Waals surface area contributed by atoms with Crippen LogP contribution in [0.2, 0.25) is 0 Å². The van der Waals surface area contributed by atoms with Crippen molar-refractivity contribution in [2.45, 2.75) is 44.2 Å². The van der Waals surface area contributed by atoms with Crippen molar-refractivity contribution in [2.24, 2.45) is 0 Å². The highest BCUT2D eigenvalue weighted by atomic mass is 16.7. The van der Waals surface area contributed by atoms with Crippen LogP contribution in [0.25, 0.3) is 0 Å². The molecule has 2 aromatic rings. The van der Waals surface area contributed by atoms with Crippen LogP contribution in [0.5, 0.6) is 11.5 Å². The standard InChI is InChI=1S/C19H22N2O3/c1-12(13-3-6-17-18(9-13)24-11-23-17)21-16-5-2-14(8-16)15-4-7-19(22)20-10-15/h3-4,6-7,9-10,12,14,16,21H,2,5,8,11H2,1H3,(H,20,22). The molecule has 1 saturated carbocycles. The fourth-order valence-corrected chi connectivity index (χ4v) is 3.74. The van der Waals surface area contributed by atoms with Crippen molar-refractivity contribution in [3.63, 3.8) is 0 Å². The summed E-state index contributed by atoms with van der Waals surface area (Å²) in [5, 5.41) is 3.73. The average molecular weight is 326 g/mol. The van der Waals surface area contributed by atoms with Gasteiger partial charge in [0.05, 0.1) is 0 Å². The number of aromatic nitrogens is 1. The smallest absolute Gasteiger partial charge is 0.247 e. The number of fused-ring (bicyclic) bond motifs is 1. The third-order valence-electron chi connectivity index (χ3n) is 5.09. The lowest BCUT2D eigenvalue weighted by Gasteiger charge is -2.20. The van der Waals surface area contributed by atoms with Crippen LogP contribution in [-0.2, 0) is 0 Å². The maximum Gasteiger partial charge on any atom is 0.247 e. The minimum absolute atomic E-state index is 0.0390. The Balaban J connectivity index is 1.39. The van der Waals surface area contributed by atoms with Crippen molar-refractivity contribution in [2.75, 3.05) is 6.79 Å². The third-order valence-corrected chi connectivity index (χ3v) is 5.09. The molecule has 0 spiro atoms. The zero-order valence-corrected chi connectivity index (χ0v) is 13.7. The third kappa shape index (κ3) is 3.04. The monoisotopic (exact) mass is 326 g/mol. The Kier molecular flexibility index (Phi) is 4.02. The highest BCUT2D eigenvalue weighted by molar-refractivity contribution is 5.45. The Morgan fingerprint density at radius 2 is 2.04 bits per heavy atom. The number of H-pyrrole nitrogens is 1. The molecular weight excluding hydrogens is 304 g/mol. The van der Waals surface area contributed by atoms with Gasteiger partial charge in [0.15, 0.2) is 11.5 Å². The molecule has 3 unspecified atom stereocenters. The average Bonchev–Trinajstić information content (AvgIpc) is 3.24. The zero-order valence-electron chi connectivity index (χ0n) is 13.7. The molecule has 5 heteroatoms. The normalized spacial score (nSPS) is 23.4. The van der Waals surface area contributed by atoms with Gasteiger partial charge in [0, 0.05) is 24.3 Å². The first-order valence-electron chi connectivity index (χ1n) is 8.53. The summed E-state index contributed by atoms with van der Waals surface area (Å²) in [5.74, 6) is 2.17. The Labute approximate surface area is 141 Å². The van der Waals surface area contributed by atoms with E-state index in [1.807, 2.05) is 18.3 Å². The van der Waals surface area contributed by atoms with Gasteiger partial charge in [-0.05, 0) is 55.4 Å². The van der Waals surface area contributed by atoms with Crippen LogP contribution in [0.4, 0.5) is 0 Å². The number of aromatic amines is 1. The first-order chi connectivity index (χ1) is 11.7. The molecule has 1 aliphatic heterocycles. The van der Waals surface area contributed by atoms with Crippen LogP contribution in [0.15, 0.2) is 41.3 Å². The number of hydrogen-bond acceptors (Lipinski definition) is 4. The summed E-state index contributed by atoms with van der Waals surface area (Å²) in [6.45, 7) is 2.49. The van der Waals surface area contributed by atoms with Crippen molar-refractivity contribution >= 4 is 0 Å². The van der Waals surface area contributed by atoms with Gasteiger partial charge in [0.2, 0.25) is 12.4 Å². The summed E-state index contributed by atoms with van der Waals surface area (Å²) in [7, 11) is 0. The summed E-state index contributed by atoms with van der Waals surface area (Å²) in [4.78, 5) is 14.0. The molecule has 126 valence electrons. The Hall–Kier alpha value is -2.27. The molecule has 0 radical (unpaired) electrons.